The van der Waals surface area contributed by atoms with E-state index in [1.807, 2.05) is 25.1 Å². The Labute approximate surface area is 153 Å². The van der Waals surface area contributed by atoms with Crippen molar-refractivity contribution in [3.05, 3.63) is 57.3 Å². The molecule has 0 bridgehead atoms. The first-order chi connectivity index (χ1) is 12.0. The van der Waals surface area contributed by atoms with Crippen molar-refractivity contribution < 1.29 is 9.90 Å². The summed E-state index contributed by atoms with van der Waals surface area (Å²) in [5, 5.41) is 14.1. The van der Waals surface area contributed by atoms with Crippen LogP contribution in [0.1, 0.15) is 33.7 Å². The molecular weight excluding hydrogens is 332 g/mol. The van der Waals surface area contributed by atoms with Gasteiger partial charge in [-0.2, -0.15) is 0 Å². The first-order valence-corrected chi connectivity index (χ1v) is 9.61. The van der Waals surface area contributed by atoms with E-state index < -0.39 is 5.60 Å². The van der Waals surface area contributed by atoms with E-state index in [1.54, 1.807) is 16.2 Å². The van der Waals surface area contributed by atoms with Crippen LogP contribution in [0.2, 0.25) is 0 Å². The molecule has 2 heterocycles. The number of hydrogen-bond acceptors (Lipinski definition) is 4. The summed E-state index contributed by atoms with van der Waals surface area (Å²) < 4.78 is 0. The first-order valence-electron chi connectivity index (χ1n) is 8.80. The molecule has 1 aromatic heterocycles. The van der Waals surface area contributed by atoms with Crippen LogP contribution in [0.4, 0.5) is 0 Å². The normalized spacial score (nSPS) is 20.9. The molecule has 1 aromatic carbocycles. The van der Waals surface area contributed by atoms with E-state index in [0.29, 0.717) is 32.6 Å². The van der Waals surface area contributed by atoms with Crippen LogP contribution in [0.15, 0.2) is 36.4 Å². The molecule has 1 atom stereocenters. The van der Waals surface area contributed by atoms with Crippen LogP contribution in [0.3, 0.4) is 0 Å². The Kier molecular flexibility index (Phi) is 5.57. The molecule has 0 unspecified atom stereocenters. The van der Waals surface area contributed by atoms with Gasteiger partial charge in [0, 0.05) is 35.9 Å². The van der Waals surface area contributed by atoms with Gasteiger partial charge in [0.25, 0.3) is 5.91 Å². The largest absolute Gasteiger partial charge is 0.379 e. The highest BCUT2D eigenvalue weighted by Gasteiger charge is 2.41. The third-order valence-corrected chi connectivity index (χ3v) is 5.67. The van der Waals surface area contributed by atoms with Crippen LogP contribution < -0.4 is 5.32 Å². The number of piperidine rings is 1. The summed E-state index contributed by atoms with van der Waals surface area (Å²) in [6.07, 6.45) is 1.35. The van der Waals surface area contributed by atoms with Crippen molar-refractivity contribution >= 4 is 17.2 Å². The Hall–Kier alpha value is -1.69. The Morgan fingerprint density at radius 1 is 1.28 bits per heavy atom. The third-order valence-electron chi connectivity index (χ3n) is 4.67. The number of thiophene rings is 1. The number of nitrogens with zero attached hydrogens (tertiary/aromatic N) is 1. The van der Waals surface area contributed by atoms with E-state index in [0.717, 1.165) is 12.0 Å². The highest BCUT2D eigenvalue weighted by atomic mass is 32.1. The summed E-state index contributed by atoms with van der Waals surface area (Å²) in [5.74, 6) is -0.157. The summed E-state index contributed by atoms with van der Waals surface area (Å²) in [7, 11) is 0. The third kappa shape index (κ3) is 4.48. The van der Waals surface area contributed by atoms with Gasteiger partial charge in [0.05, 0.1) is 0 Å². The first kappa shape index (κ1) is 18.1. The second kappa shape index (κ2) is 7.68. The second-order valence-electron chi connectivity index (χ2n) is 6.97. The zero-order valence-corrected chi connectivity index (χ0v) is 15.7. The van der Waals surface area contributed by atoms with Gasteiger partial charge in [-0.1, -0.05) is 29.8 Å². The maximum atomic E-state index is 12.8. The number of nitrogens with one attached hydrogen (secondary N) is 1. The Morgan fingerprint density at radius 2 is 2.12 bits per heavy atom. The maximum Gasteiger partial charge on any atom is 0.256 e. The Balaban J connectivity index is 1.59. The number of likely N-dealkylation sites (tertiary alicyclic amines) is 1. The van der Waals surface area contributed by atoms with Gasteiger partial charge in [0.2, 0.25) is 0 Å². The van der Waals surface area contributed by atoms with Gasteiger partial charge in [-0.25, -0.2) is 0 Å². The van der Waals surface area contributed by atoms with Gasteiger partial charge >= 0.3 is 0 Å². The zero-order chi connectivity index (χ0) is 17.9. The van der Waals surface area contributed by atoms with Gasteiger partial charge < -0.3 is 15.3 Å². The van der Waals surface area contributed by atoms with Crippen LogP contribution in [0.25, 0.3) is 0 Å². The molecule has 134 valence electrons. The van der Waals surface area contributed by atoms with Crippen molar-refractivity contribution in [2.45, 2.75) is 45.4 Å². The molecule has 0 aliphatic carbocycles. The predicted molar refractivity (Wildman–Crippen MR) is 102 cm³/mol. The fourth-order valence-electron chi connectivity index (χ4n) is 3.38. The molecular formula is C20H26N2O2S. The van der Waals surface area contributed by atoms with Crippen molar-refractivity contribution in [3.63, 3.8) is 0 Å². The number of benzene rings is 1. The van der Waals surface area contributed by atoms with E-state index in [2.05, 4.69) is 30.4 Å². The smallest absolute Gasteiger partial charge is 0.256 e. The number of rotatable bonds is 6. The van der Waals surface area contributed by atoms with Crippen LogP contribution in [-0.4, -0.2) is 34.6 Å². The zero-order valence-electron chi connectivity index (χ0n) is 14.9. The number of aliphatic hydroxyl groups is 1. The van der Waals surface area contributed by atoms with Gasteiger partial charge in [-0.15, -0.1) is 11.3 Å². The van der Waals surface area contributed by atoms with Gasteiger partial charge in [-0.05, 0) is 44.4 Å². The lowest BCUT2D eigenvalue weighted by Gasteiger charge is -2.38. The summed E-state index contributed by atoms with van der Waals surface area (Å²) >= 11 is 1.74. The van der Waals surface area contributed by atoms with Gasteiger partial charge in [-0.3, -0.25) is 4.79 Å². The Morgan fingerprint density at radius 3 is 2.84 bits per heavy atom. The van der Waals surface area contributed by atoms with Gasteiger partial charge in [0.15, 0.2) is 5.60 Å². The predicted octanol–water partition coefficient (Wildman–Crippen LogP) is 3.01. The van der Waals surface area contributed by atoms with E-state index >= 15 is 0 Å². The van der Waals surface area contributed by atoms with Crippen LogP contribution in [0, 0.1) is 13.8 Å². The quantitative estimate of drug-likeness (QED) is 0.835. The van der Waals surface area contributed by atoms with Crippen LogP contribution >= 0.6 is 11.3 Å². The summed E-state index contributed by atoms with van der Waals surface area (Å²) in [5.41, 5.74) is 0.999. The van der Waals surface area contributed by atoms with Crippen molar-refractivity contribution in [2.24, 2.45) is 0 Å². The number of carbonyl (C=O) groups is 1. The highest BCUT2D eigenvalue weighted by molar-refractivity contribution is 7.11. The lowest BCUT2D eigenvalue weighted by molar-refractivity contribution is -0.157. The van der Waals surface area contributed by atoms with E-state index in [4.69, 9.17) is 0 Å². The maximum absolute atomic E-state index is 12.8. The highest BCUT2D eigenvalue weighted by Crippen LogP contribution is 2.24. The van der Waals surface area contributed by atoms with E-state index in [-0.39, 0.29) is 5.91 Å². The summed E-state index contributed by atoms with van der Waals surface area (Å²) in [6, 6.07) is 12.4. The number of aryl methyl sites for hydroxylation is 2. The average Bonchev–Trinajstić information content (AvgIpc) is 2.98. The molecule has 1 amide bonds. The Bertz CT molecular complexity index is 743. The van der Waals surface area contributed by atoms with Crippen LogP contribution in [0.5, 0.6) is 0 Å². The minimum atomic E-state index is -1.30. The molecule has 4 nitrogen and oxygen atoms in total. The molecule has 1 fully saturated rings. The molecule has 1 aliphatic heterocycles. The number of hydrogen-bond donors (Lipinski definition) is 2. The molecule has 3 rings (SSSR count). The van der Waals surface area contributed by atoms with Crippen molar-refractivity contribution in [2.75, 3.05) is 13.1 Å². The van der Waals surface area contributed by atoms with E-state index in [9.17, 15) is 9.90 Å². The second-order valence-corrected chi connectivity index (χ2v) is 8.34. The molecule has 2 aromatic rings. The standard InChI is InChI=1S/C20H26N2O2S/c1-15-5-3-6-17(11-15)13-22-10-4-9-20(24,19(22)23)14-21-12-18-8-7-16(2)25-18/h3,5-8,11,21,24H,4,9-10,12-14H2,1-2H3/t20-/m0/s1. The lowest BCUT2D eigenvalue weighted by atomic mass is 9.91. The molecule has 2 N–H and O–H groups in total. The summed E-state index contributed by atoms with van der Waals surface area (Å²) in [4.78, 5) is 17.1. The molecule has 25 heavy (non-hydrogen) atoms. The molecule has 0 radical (unpaired) electrons. The van der Waals surface area contributed by atoms with Crippen molar-refractivity contribution in [1.82, 2.24) is 10.2 Å². The minimum Gasteiger partial charge on any atom is -0.379 e. The monoisotopic (exact) mass is 358 g/mol. The summed E-state index contributed by atoms with van der Waals surface area (Å²) in [6.45, 7) is 6.38. The number of amides is 1. The fourth-order valence-corrected chi connectivity index (χ4v) is 4.24. The fraction of sp³-hybridized carbons (Fsp3) is 0.450. The number of carbonyl (C=O) groups excluding carboxylic acids is 1. The molecule has 0 saturated carbocycles. The lowest BCUT2D eigenvalue weighted by Crippen LogP contribution is -2.57. The topological polar surface area (TPSA) is 52.6 Å². The molecule has 1 saturated heterocycles. The van der Waals surface area contributed by atoms with Crippen LogP contribution in [-0.2, 0) is 17.9 Å². The SMILES string of the molecule is Cc1cccc(CN2CCC[C@](O)(CNCc3ccc(C)s3)C2=O)c1. The molecule has 1 aliphatic rings. The molecule has 5 heteroatoms. The van der Waals surface area contributed by atoms with Gasteiger partial charge in [0.1, 0.15) is 0 Å². The molecule has 0 spiro atoms. The van der Waals surface area contributed by atoms with E-state index in [1.165, 1.54) is 15.3 Å². The average molecular weight is 359 g/mol. The minimum absolute atomic E-state index is 0.157. The van der Waals surface area contributed by atoms with Crippen molar-refractivity contribution in [3.8, 4) is 0 Å². The van der Waals surface area contributed by atoms with Crippen molar-refractivity contribution in [1.29, 1.82) is 0 Å².